The summed E-state index contributed by atoms with van der Waals surface area (Å²) in [5, 5.41) is 7.70. The van der Waals surface area contributed by atoms with Crippen LogP contribution < -0.4 is 15.4 Å². The van der Waals surface area contributed by atoms with Gasteiger partial charge in [0.25, 0.3) is 5.91 Å². The van der Waals surface area contributed by atoms with E-state index in [1.807, 2.05) is 25.1 Å². The lowest BCUT2D eigenvalue weighted by Gasteiger charge is -2.14. The molecular weight excluding hydrogens is 402 g/mol. The minimum absolute atomic E-state index is 0.0975. The summed E-state index contributed by atoms with van der Waals surface area (Å²) in [6.45, 7) is 7.84. The molecule has 30 heavy (non-hydrogen) atoms. The first-order valence-electron chi connectivity index (χ1n) is 9.64. The van der Waals surface area contributed by atoms with E-state index < -0.39 is 0 Å². The fourth-order valence-electron chi connectivity index (χ4n) is 2.81. The average molecular weight is 428 g/mol. The highest BCUT2D eigenvalue weighted by Crippen LogP contribution is 2.28. The van der Waals surface area contributed by atoms with Crippen LogP contribution in [0.3, 0.4) is 0 Å². The Hall–Kier alpha value is -3.13. The Labute approximate surface area is 179 Å². The van der Waals surface area contributed by atoms with E-state index in [1.54, 1.807) is 17.5 Å². The first-order chi connectivity index (χ1) is 14.3. The Bertz CT molecular complexity index is 1040. The lowest BCUT2D eigenvalue weighted by atomic mass is 10.0. The molecule has 2 heterocycles. The van der Waals surface area contributed by atoms with E-state index in [2.05, 4.69) is 29.5 Å². The standard InChI is InChI=1S/C22H25N3O4S/c1-13(2)17-7-5-14(3)9-20(17)28-11-21(27)25-22-24-18(12-30-22)19-8-6-16(29-19)10-23-15(4)26/h5-9,12-13H,10-11H2,1-4H3,(H,23,26)(H,24,25,27). The van der Waals surface area contributed by atoms with Crippen LogP contribution in [0.2, 0.25) is 0 Å². The molecule has 0 radical (unpaired) electrons. The van der Waals surface area contributed by atoms with Gasteiger partial charge in [0, 0.05) is 12.3 Å². The van der Waals surface area contributed by atoms with Gasteiger partial charge in [-0.05, 0) is 42.2 Å². The summed E-state index contributed by atoms with van der Waals surface area (Å²) >= 11 is 1.30. The number of aryl methyl sites for hydroxylation is 1. The molecule has 0 fully saturated rings. The molecule has 0 aliphatic heterocycles. The SMILES string of the molecule is CC(=O)NCc1ccc(-c2csc(NC(=O)COc3cc(C)ccc3C(C)C)n2)o1. The Morgan fingerprint density at radius 2 is 2.03 bits per heavy atom. The number of rotatable bonds is 8. The number of thiazole rings is 1. The molecule has 7 nitrogen and oxygen atoms in total. The number of hydrogen-bond acceptors (Lipinski definition) is 6. The smallest absolute Gasteiger partial charge is 0.264 e. The maximum atomic E-state index is 12.3. The van der Waals surface area contributed by atoms with Crippen LogP contribution in [-0.2, 0) is 16.1 Å². The molecule has 2 aromatic heterocycles. The van der Waals surface area contributed by atoms with Gasteiger partial charge in [-0.25, -0.2) is 4.98 Å². The van der Waals surface area contributed by atoms with Gasteiger partial charge < -0.3 is 14.5 Å². The molecule has 0 aliphatic carbocycles. The fourth-order valence-corrected chi connectivity index (χ4v) is 3.52. The molecule has 0 bridgehead atoms. The summed E-state index contributed by atoms with van der Waals surface area (Å²) in [4.78, 5) is 27.7. The molecule has 0 saturated carbocycles. The lowest BCUT2D eigenvalue weighted by molar-refractivity contribution is -0.119. The second kappa shape index (κ2) is 9.58. The highest BCUT2D eigenvalue weighted by molar-refractivity contribution is 7.14. The number of aromatic nitrogens is 1. The van der Waals surface area contributed by atoms with Gasteiger partial charge in [0.2, 0.25) is 5.91 Å². The molecule has 3 rings (SSSR count). The number of carbonyl (C=O) groups excluding carboxylic acids is 2. The van der Waals surface area contributed by atoms with Crippen molar-refractivity contribution in [2.24, 2.45) is 0 Å². The predicted octanol–water partition coefficient (Wildman–Crippen LogP) is 4.49. The van der Waals surface area contributed by atoms with Gasteiger partial charge >= 0.3 is 0 Å². The van der Waals surface area contributed by atoms with Crippen molar-refractivity contribution in [2.75, 3.05) is 11.9 Å². The van der Waals surface area contributed by atoms with Crippen LogP contribution in [0.4, 0.5) is 5.13 Å². The van der Waals surface area contributed by atoms with Gasteiger partial charge in [0.05, 0.1) is 6.54 Å². The van der Waals surface area contributed by atoms with Gasteiger partial charge in [-0.2, -0.15) is 0 Å². The number of carbonyl (C=O) groups is 2. The van der Waals surface area contributed by atoms with Gasteiger partial charge in [-0.1, -0.05) is 26.0 Å². The Balaban J connectivity index is 1.58. The third-order valence-corrected chi connectivity index (χ3v) is 5.08. The molecule has 0 saturated heterocycles. The predicted molar refractivity (Wildman–Crippen MR) is 117 cm³/mol. The number of furan rings is 1. The molecular formula is C22H25N3O4S. The summed E-state index contributed by atoms with van der Waals surface area (Å²) < 4.78 is 11.4. The molecule has 158 valence electrons. The van der Waals surface area contributed by atoms with Crippen LogP contribution in [0, 0.1) is 6.92 Å². The molecule has 8 heteroatoms. The lowest BCUT2D eigenvalue weighted by Crippen LogP contribution is -2.20. The monoisotopic (exact) mass is 427 g/mol. The van der Waals surface area contributed by atoms with E-state index in [1.165, 1.54) is 18.3 Å². The molecule has 0 unspecified atom stereocenters. The molecule has 3 aromatic rings. The molecule has 2 amide bonds. The third kappa shape index (κ3) is 5.70. The van der Waals surface area contributed by atoms with Crippen LogP contribution in [0.25, 0.3) is 11.5 Å². The summed E-state index contributed by atoms with van der Waals surface area (Å²) in [5.74, 6) is 1.82. The van der Waals surface area contributed by atoms with Crippen LogP contribution in [-0.4, -0.2) is 23.4 Å². The molecule has 1 aromatic carbocycles. The quantitative estimate of drug-likeness (QED) is 0.552. The number of nitrogens with one attached hydrogen (secondary N) is 2. The zero-order valence-corrected chi connectivity index (χ0v) is 18.3. The second-order valence-corrected chi connectivity index (χ2v) is 8.10. The maximum absolute atomic E-state index is 12.3. The van der Waals surface area contributed by atoms with E-state index in [4.69, 9.17) is 9.15 Å². The fraction of sp³-hybridized carbons (Fsp3) is 0.318. The van der Waals surface area contributed by atoms with Crippen LogP contribution in [0.1, 0.15) is 43.6 Å². The van der Waals surface area contributed by atoms with Gasteiger partial charge in [0.1, 0.15) is 17.2 Å². The topological polar surface area (TPSA) is 93.5 Å². The third-order valence-electron chi connectivity index (χ3n) is 4.33. The second-order valence-electron chi connectivity index (χ2n) is 7.25. The first kappa shape index (κ1) is 21.6. The van der Waals surface area contributed by atoms with Crippen molar-refractivity contribution < 1.29 is 18.7 Å². The van der Waals surface area contributed by atoms with E-state index in [-0.39, 0.29) is 18.4 Å². The van der Waals surface area contributed by atoms with Crippen molar-refractivity contribution in [3.05, 3.63) is 52.6 Å². The number of ether oxygens (including phenoxy) is 1. The molecule has 0 atom stereocenters. The highest BCUT2D eigenvalue weighted by atomic mass is 32.1. The summed E-state index contributed by atoms with van der Waals surface area (Å²) in [7, 11) is 0. The summed E-state index contributed by atoms with van der Waals surface area (Å²) in [6.07, 6.45) is 0. The summed E-state index contributed by atoms with van der Waals surface area (Å²) in [6, 6.07) is 9.58. The largest absolute Gasteiger partial charge is 0.483 e. The molecule has 2 N–H and O–H groups in total. The van der Waals surface area contributed by atoms with Crippen molar-refractivity contribution in [1.82, 2.24) is 10.3 Å². The number of amides is 2. The zero-order chi connectivity index (χ0) is 21.7. The molecule has 0 aliphatic rings. The van der Waals surface area contributed by atoms with Crippen molar-refractivity contribution in [2.45, 2.75) is 40.2 Å². The highest BCUT2D eigenvalue weighted by Gasteiger charge is 2.13. The number of anilines is 1. The van der Waals surface area contributed by atoms with Crippen LogP contribution in [0.15, 0.2) is 40.1 Å². The van der Waals surface area contributed by atoms with E-state index in [0.29, 0.717) is 34.8 Å². The minimum atomic E-state index is -0.280. The normalized spacial score (nSPS) is 10.8. The Kier molecular flexibility index (Phi) is 6.89. The minimum Gasteiger partial charge on any atom is -0.483 e. The van der Waals surface area contributed by atoms with Crippen LogP contribution in [0.5, 0.6) is 5.75 Å². The number of benzene rings is 1. The first-order valence-corrected chi connectivity index (χ1v) is 10.5. The van der Waals surface area contributed by atoms with Gasteiger partial charge in [-0.3, -0.25) is 14.9 Å². The van der Waals surface area contributed by atoms with Crippen molar-refractivity contribution in [1.29, 1.82) is 0 Å². The zero-order valence-electron chi connectivity index (χ0n) is 17.4. The average Bonchev–Trinajstić information content (AvgIpc) is 3.34. The molecule has 0 spiro atoms. The van der Waals surface area contributed by atoms with Crippen molar-refractivity contribution >= 4 is 28.3 Å². The van der Waals surface area contributed by atoms with E-state index in [0.717, 1.165) is 16.9 Å². The summed E-state index contributed by atoms with van der Waals surface area (Å²) in [5.41, 5.74) is 2.76. The van der Waals surface area contributed by atoms with Crippen molar-refractivity contribution in [3.63, 3.8) is 0 Å². The Morgan fingerprint density at radius 1 is 1.23 bits per heavy atom. The van der Waals surface area contributed by atoms with E-state index in [9.17, 15) is 9.59 Å². The Morgan fingerprint density at radius 3 is 2.77 bits per heavy atom. The van der Waals surface area contributed by atoms with Crippen molar-refractivity contribution in [3.8, 4) is 17.2 Å². The van der Waals surface area contributed by atoms with Gasteiger partial charge in [-0.15, -0.1) is 11.3 Å². The van der Waals surface area contributed by atoms with Crippen LogP contribution >= 0.6 is 11.3 Å². The van der Waals surface area contributed by atoms with E-state index >= 15 is 0 Å². The maximum Gasteiger partial charge on any atom is 0.264 e. The number of nitrogens with zero attached hydrogens (tertiary/aromatic N) is 1. The van der Waals surface area contributed by atoms with Gasteiger partial charge in [0.15, 0.2) is 17.5 Å². The number of hydrogen-bond donors (Lipinski definition) is 2.